The Kier molecular flexibility index (Phi) is 5.33. The van der Waals surface area contributed by atoms with E-state index in [4.69, 9.17) is 9.97 Å². The lowest BCUT2D eigenvalue weighted by Crippen LogP contribution is -2.13. The van der Waals surface area contributed by atoms with Gasteiger partial charge in [0.15, 0.2) is 0 Å². The number of fused-ring (bicyclic) bond motifs is 15. The summed E-state index contributed by atoms with van der Waals surface area (Å²) in [4.78, 5) is 12.3. The van der Waals surface area contributed by atoms with Crippen molar-refractivity contribution in [2.45, 2.75) is 19.3 Å². The fourth-order valence-electron chi connectivity index (χ4n) is 8.57. The number of rotatable bonds is 2. The van der Waals surface area contributed by atoms with Crippen molar-refractivity contribution in [3.63, 3.8) is 0 Å². The van der Waals surface area contributed by atoms with Crippen molar-refractivity contribution in [3.8, 4) is 28.3 Å². The number of thiophene rings is 1. The predicted molar refractivity (Wildman–Crippen MR) is 207 cm³/mol. The zero-order chi connectivity index (χ0) is 32.4. The third-order valence-electron chi connectivity index (χ3n) is 10.7. The highest BCUT2D eigenvalue weighted by Crippen LogP contribution is 2.57. The zero-order valence-electron chi connectivity index (χ0n) is 27.0. The highest BCUT2D eigenvalue weighted by molar-refractivity contribution is 7.21. The second-order valence-electron chi connectivity index (χ2n) is 13.7. The first kappa shape index (κ1) is 27.1. The molecule has 7 aromatic carbocycles. The molecule has 4 heteroatoms. The largest absolute Gasteiger partial charge is 0.276 e. The molecule has 0 atom stereocenters. The number of nitrogens with zero attached hydrogens (tertiary/aromatic N) is 3. The van der Waals surface area contributed by atoms with Crippen molar-refractivity contribution in [2.24, 2.45) is 0 Å². The second-order valence-corrected chi connectivity index (χ2v) is 14.7. The number of aromatic nitrogens is 3. The van der Waals surface area contributed by atoms with Crippen LogP contribution in [0, 0.1) is 0 Å². The minimum absolute atomic E-state index is 0.0852. The molecule has 3 aromatic heterocycles. The Labute approximate surface area is 286 Å². The van der Waals surface area contributed by atoms with Crippen LogP contribution in [0.5, 0.6) is 0 Å². The summed E-state index contributed by atoms with van der Waals surface area (Å²) in [6, 6.07) is 50.3. The molecular formula is C45H29N3S. The van der Waals surface area contributed by atoms with E-state index in [1.807, 2.05) is 11.3 Å². The molecule has 0 N–H and O–H groups in total. The normalized spacial score (nSPS) is 13.7. The van der Waals surface area contributed by atoms with Crippen LogP contribution in [-0.2, 0) is 5.41 Å². The summed E-state index contributed by atoms with van der Waals surface area (Å²) in [5.41, 5.74) is 9.32. The van der Waals surface area contributed by atoms with Gasteiger partial charge in [-0.2, -0.15) is 0 Å². The molecule has 0 fully saturated rings. The lowest BCUT2D eigenvalue weighted by atomic mass is 9.87. The van der Waals surface area contributed by atoms with Crippen molar-refractivity contribution in [3.05, 3.63) is 150 Å². The van der Waals surface area contributed by atoms with Gasteiger partial charge in [-0.05, 0) is 33.4 Å². The molecule has 10 aromatic rings. The van der Waals surface area contributed by atoms with E-state index in [9.17, 15) is 0 Å². The maximum absolute atomic E-state index is 5.49. The maximum atomic E-state index is 5.49. The van der Waals surface area contributed by atoms with Crippen molar-refractivity contribution < 1.29 is 0 Å². The smallest absolute Gasteiger partial charge is 0.235 e. The van der Waals surface area contributed by atoms with Gasteiger partial charge >= 0.3 is 0 Å². The van der Waals surface area contributed by atoms with Crippen LogP contribution in [0.25, 0.3) is 92.7 Å². The summed E-state index contributed by atoms with van der Waals surface area (Å²) in [6.07, 6.45) is 0. The summed E-state index contributed by atoms with van der Waals surface area (Å²) >= 11 is 1.94. The number of para-hydroxylation sites is 1. The molecule has 0 saturated carbocycles. The van der Waals surface area contributed by atoms with Gasteiger partial charge in [-0.15, -0.1) is 11.3 Å². The van der Waals surface area contributed by atoms with Crippen molar-refractivity contribution in [1.29, 1.82) is 0 Å². The SMILES string of the molecule is CC1(C)c2ccccc2-c2c1sc1c2ccc2c3c4ccccc4c4ccccc4c3n(-c3nc(-c4ccccc4)c4ccccc4n3)c21. The Hall–Kier alpha value is -5.84. The lowest BCUT2D eigenvalue weighted by Gasteiger charge is -2.19. The number of hydrogen-bond acceptors (Lipinski definition) is 3. The molecule has 0 radical (unpaired) electrons. The molecule has 0 bridgehead atoms. The lowest BCUT2D eigenvalue weighted by molar-refractivity contribution is 0.674. The van der Waals surface area contributed by atoms with Crippen molar-refractivity contribution in [1.82, 2.24) is 14.5 Å². The van der Waals surface area contributed by atoms with Gasteiger partial charge in [-0.25, -0.2) is 9.97 Å². The van der Waals surface area contributed by atoms with Crippen LogP contribution in [0.15, 0.2) is 140 Å². The van der Waals surface area contributed by atoms with E-state index in [0.717, 1.165) is 27.7 Å². The highest BCUT2D eigenvalue weighted by atomic mass is 32.1. The zero-order valence-corrected chi connectivity index (χ0v) is 27.8. The van der Waals surface area contributed by atoms with E-state index in [2.05, 4.69) is 158 Å². The monoisotopic (exact) mass is 643 g/mol. The molecule has 0 amide bonds. The van der Waals surface area contributed by atoms with Crippen molar-refractivity contribution >= 4 is 75.7 Å². The summed E-state index contributed by atoms with van der Waals surface area (Å²) in [7, 11) is 0. The van der Waals surface area contributed by atoms with Crippen LogP contribution in [0.4, 0.5) is 0 Å². The van der Waals surface area contributed by atoms with Gasteiger partial charge in [0.2, 0.25) is 5.95 Å². The molecule has 0 aliphatic heterocycles. The first-order chi connectivity index (χ1) is 24.1. The molecule has 1 aliphatic carbocycles. The fraction of sp³-hybridized carbons (Fsp3) is 0.0667. The maximum Gasteiger partial charge on any atom is 0.235 e. The molecule has 230 valence electrons. The first-order valence-corrected chi connectivity index (χ1v) is 17.7. The molecule has 0 unspecified atom stereocenters. The Bertz CT molecular complexity index is 3020. The molecule has 0 spiro atoms. The molecule has 0 saturated heterocycles. The van der Waals surface area contributed by atoms with Crippen LogP contribution in [-0.4, -0.2) is 14.5 Å². The van der Waals surface area contributed by atoms with E-state index >= 15 is 0 Å². The van der Waals surface area contributed by atoms with Crippen LogP contribution >= 0.6 is 11.3 Å². The molecule has 3 nitrogen and oxygen atoms in total. The summed E-state index contributed by atoms with van der Waals surface area (Å²) in [6.45, 7) is 4.75. The fourth-order valence-corrected chi connectivity index (χ4v) is 10.0. The van der Waals surface area contributed by atoms with E-state index in [-0.39, 0.29) is 5.41 Å². The van der Waals surface area contributed by atoms with Crippen LogP contribution < -0.4 is 0 Å². The van der Waals surface area contributed by atoms with Gasteiger partial charge in [0.1, 0.15) is 0 Å². The molecule has 49 heavy (non-hydrogen) atoms. The van der Waals surface area contributed by atoms with Crippen LogP contribution in [0.1, 0.15) is 24.3 Å². The third kappa shape index (κ3) is 3.51. The summed E-state index contributed by atoms with van der Waals surface area (Å²) in [5, 5.41) is 9.77. The van der Waals surface area contributed by atoms with Crippen LogP contribution in [0.2, 0.25) is 0 Å². The minimum atomic E-state index is -0.0852. The topological polar surface area (TPSA) is 30.7 Å². The van der Waals surface area contributed by atoms with Gasteiger partial charge in [0.05, 0.1) is 26.9 Å². The van der Waals surface area contributed by atoms with E-state index in [0.29, 0.717) is 5.95 Å². The summed E-state index contributed by atoms with van der Waals surface area (Å²) in [5.74, 6) is 0.693. The quantitative estimate of drug-likeness (QED) is 0.176. The Morgan fingerprint density at radius 2 is 1.16 bits per heavy atom. The Balaban J connectivity index is 1.39. The molecular weight excluding hydrogens is 615 g/mol. The third-order valence-corrected chi connectivity index (χ3v) is 12.3. The van der Waals surface area contributed by atoms with Gasteiger partial charge < -0.3 is 0 Å². The number of hydrogen-bond donors (Lipinski definition) is 0. The average molecular weight is 644 g/mol. The Morgan fingerprint density at radius 3 is 1.98 bits per heavy atom. The van der Waals surface area contributed by atoms with Crippen molar-refractivity contribution in [2.75, 3.05) is 0 Å². The number of benzene rings is 7. The Morgan fingerprint density at radius 1 is 0.531 bits per heavy atom. The standard InChI is InChI=1S/C45H29N3S/c1-45(2)35-22-12-10-20-31(35)38-34-25-24-33-37-29-18-8-6-16-27(29)28-17-7-9-19-30(28)40(37)48(41(33)42(34)49-43(38)45)44-46-36-23-13-11-21-32(36)39(47-44)26-14-4-3-5-15-26/h3-25H,1-2H3. The van der Waals surface area contributed by atoms with E-state index in [1.54, 1.807) is 0 Å². The minimum Gasteiger partial charge on any atom is -0.276 e. The van der Waals surface area contributed by atoms with Gasteiger partial charge in [-0.3, -0.25) is 4.57 Å². The second kappa shape index (κ2) is 9.62. The van der Waals surface area contributed by atoms with Gasteiger partial charge in [0.25, 0.3) is 0 Å². The van der Waals surface area contributed by atoms with Gasteiger partial charge in [0, 0.05) is 48.4 Å². The molecule has 1 aliphatic rings. The highest BCUT2D eigenvalue weighted by Gasteiger charge is 2.39. The van der Waals surface area contributed by atoms with Gasteiger partial charge in [-0.1, -0.05) is 147 Å². The van der Waals surface area contributed by atoms with Crippen LogP contribution in [0.3, 0.4) is 0 Å². The predicted octanol–water partition coefficient (Wildman–Crippen LogP) is 12.2. The van der Waals surface area contributed by atoms with E-state index < -0.39 is 0 Å². The van der Waals surface area contributed by atoms with E-state index in [1.165, 1.54) is 69.5 Å². The summed E-state index contributed by atoms with van der Waals surface area (Å²) < 4.78 is 3.68. The molecule has 3 heterocycles. The molecule has 11 rings (SSSR count). The average Bonchev–Trinajstić information content (AvgIpc) is 3.79. The first-order valence-electron chi connectivity index (χ1n) is 16.9.